The molecular formula is C12H21N3. The second kappa shape index (κ2) is 5.59. The number of nitrogen functional groups attached to an aromatic ring is 1. The fourth-order valence-electron chi connectivity index (χ4n) is 1.45. The summed E-state index contributed by atoms with van der Waals surface area (Å²) >= 11 is 0. The molecule has 1 aromatic rings. The molecule has 3 nitrogen and oxygen atoms in total. The second-order valence-electron chi connectivity index (χ2n) is 4.11. The van der Waals surface area contributed by atoms with Crippen LogP contribution in [0.3, 0.4) is 0 Å². The Labute approximate surface area is 92.1 Å². The highest BCUT2D eigenvalue weighted by atomic mass is 15.0. The van der Waals surface area contributed by atoms with Crippen LogP contribution in [0.15, 0.2) is 12.3 Å². The zero-order valence-electron chi connectivity index (χ0n) is 9.88. The van der Waals surface area contributed by atoms with Crippen molar-refractivity contribution in [2.45, 2.75) is 46.1 Å². The lowest BCUT2D eigenvalue weighted by Gasteiger charge is -2.14. The lowest BCUT2D eigenvalue weighted by Crippen LogP contribution is -2.15. The van der Waals surface area contributed by atoms with Crippen molar-refractivity contribution in [2.24, 2.45) is 0 Å². The quantitative estimate of drug-likeness (QED) is 0.780. The molecule has 0 aliphatic heterocycles. The summed E-state index contributed by atoms with van der Waals surface area (Å²) < 4.78 is 0. The van der Waals surface area contributed by atoms with Crippen LogP contribution in [-0.4, -0.2) is 11.0 Å². The van der Waals surface area contributed by atoms with Crippen LogP contribution in [0, 0.1) is 6.92 Å². The molecule has 0 fully saturated rings. The van der Waals surface area contributed by atoms with Crippen LogP contribution < -0.4 is 11.1 Å². The summed E-state index contributed by atoms with van der Waals surface area (Å²) in [5.74, 6) is 0.877. The molecule has 84 valence electrons. The van der Waals surface area contributed by atoms with Gasteiger partial charge in [-0.05, 0) is 25.8 Å². The molecule has 0 aliphatic rings. The number of nitrogens with two attached hydrogens (primary N) is 1. The van der Waals surface area contributed by atoms with Crippen LogP contribution in [0.2, 0.25) is 0 Å². The summed E-state index contributed by atoms with van der Waals surface area (Å²) in [7, 11) is 0. The average molecular weight is 207 g/mol. The summed E-state index contributed by atoms with van der Waals surface area (Å²) in [6.07, 6.45) is 5.46. The van der Waals surface area contributed by atoms with E-state index in [0.29, 0.717) is 6.04 Å². The maximum absolute atomic E-state index is 5.82. The van der Waals surface area contributed by atoms with E-state index in [9.17, 15) is 0 Å². The van der Waals surface area contributed by atoms with Gasteiger partial charge in [0.1, 0.15) is 5.82 Å². The zero-order valence-corrected chi connectivity index (χ0v) is 9.88. The minimum Gasteiger partial charge on any atom is -0.398 e. The third-order valence-corrected chi connectivity index (χ3v) is 2.53. The highest BCUT2D eigenvalue weighted by molar-refractivity contribution is 5.53. The summed E-state index contributed by atoms with van der Waals surface area (Å²) in [6.45, 7) is 6.34. The maximum Gasteiger partial charge on any atom is 0.128 e. The normalized spacial score (nSPS) is 12.5. The Balaban J connectivity index is 2.53. The van der Waals surface area contributed by atoms with Gasteiger partial charge < -0.3 is 11.1 Å². The zero-order chi connectivity index (χ0) is 11.3. The molecule has 0 bridgehead atoms. The largest absolute Gasteiger partial charge is 0.398 e. The van der Waals surface area contributed by atoms with Gasteiger partial charge in [0, 0.05) is 24.0 Å². The third kappa shape index (κ3) is 3.78. The number of unbranched alkanes of at least 4 members (excludes halogenated alkanes) is 1. The molecule has 0 aliphatic carbocycles. The monoisotopic (exact) mass is 207 g/mol. The van der Waals surface area contributed by atoms with Gasteiger partial charge in [-0.1, -0.05) is 19.8 Å². The molecule has 3 N–H and O–H groups in total. The molecule has 0 aromatic carbocycles. The van der Waals surface area contributed by atoms with Crippen LogP contribution in [0.4, 0.5) is 11.5 Å². The molecule has 15 heavy (non-hydrogen) atoms. The lowest BCUT2D eigenvalue weighted by atomic mass is 10.1. The Kier molecular flexibility index (Phi) is 4.40. The standard InChI is InChI=1S/C12H21N3/c1-4-5-6-10(3)15-12-7-11(13)9(2)8-14-12/h7-8,10H,4-6H2,1-3H3,(H3,13,14,15). The highest BCUT2D eigenvalue weighted by Gasteiger charge is 2.03. The summed E-state index contributed by atoms with van der Waals surface area (Å²) in [4.78, 5) is 4.30. The number of aryl methyl sites for hydroxylation is 1. The lowest BCUT2D eigenvalue weighted by molar-refractivity contribution is 0.643. The Morgan fingerprint density at radius 3 is 2.87 bits per heavy atom. The van der Waals surface area contributed by atoms with E-state index in [1.807, 2.05) is 19.2 Å². The van der Waals surface area contributed by atoms with E-state index in [-0.39, 0.29) is 0 Å². The van der Waals surface area contributed by atoms with Crippen LogP contribution in [0.5, 0.6) is 0 Å². The van der Waals surface area contributed by atoms with Gasteiger partial charge in [-0.3, -0.25) is 0 Å². The van der Waals surface area contributed by atoms with E-state index in [1.165, 1.54) is 19.3 Å². The summed E-state index contributed by atoms with van der Waals surface area (Å²) in [6, 6.07) is 2.36. The minimum atomic E-state index is 0.458. The van der Waals surface area contributed by atoms with Crippen molar-refractivity contribution in [1.29, 1.82) is 0 Å². The number of pyridine rings is 1. The van der Waals surface area contributed by atoms with Gasteiger partial charge in [0.2, 0.25) is 0 Å². The van der Waals surface area contributed by atoms with Gasteiger partial charge in [-0.25, -0.2) is 4.98 Å². The third-order valence-electron chi connectivity index (χ3n) is 2.53. The topological polar surface area (TPSA) is 50.9 Å². The van der Waals surface area contributed by atoms with E-state index >= 15 is 0 Å². The van der Waals surface area contributed by atoms with Crippen LogP contribution in [-0.2, 0) is 0 Å². The Morgan fingerprint density at radius 1 is 1.53 bits per heavy atom. The van der Waals surface area contributed by atoms with Crippen molar-refractivity contribution in [1.82, 2.24) is 4.98 Å². The van der Waals surface area contributed by atoms with E-state index < -0.39 is 0 Å². The minimum absolute atomic E-state index is 0.458. The number of anilines is 2. The molecule has 0 radical (unpaired) electrons. The van der Waals surface area contributed by atoms with Gasteiger partial charge in [0.15, 0.2) is 0 Å². The highest BCUT2D eigenvalue weighted by Crippen LogP contribution is 2.15. The molecule has 0 amide bonds. The Hall–Kier alpha value is -1.25. The van der Waals surface area contributed by atoms with E-state index in [4.69, 9.17) is 5.73 Å². The van der Waals surface area contributed by atoms with Crippen molar-refractivity contribution in [3.05, 3.63) is 17.8 Å². The van der Waals surface area contributed by atoms with E-state index in [0.717, 1.165) is 17.1 Å². The summed E-state index contributed by atoms with van der Waals surface area (Å²) in [5.41, 5.74) is 7.65. The van der Waals surface area contributed by atoms with Crippen LogP contribution in [0.1, 0.15) is 38.7 Å². The van der Waals surface area contributed by atoms with Gasteiger partial charge in [-0.15, -0.1) is 0 Å². The number of nitrogens with one attached hydrogen (secondary N) is 1. The van der Waals surface area contributed by atoms with Crippen LogP contribution >= 0.6 is 0 Å². The predicted octanol–water partition coefficient (Wildman–Crippen LogP) is 2.96. The molecule has 1 rings (SSSR count). The van der Waals surface area contributed by atoms with E-state index in [2.05, 4.69) is 24.1 Å². The fraction of sp³-hybridized carbons (Fsp3) is 0.583. The molecule has 1 aromatic heterocycles. The molecular weight excluding hydrogens is 186 g/mol. The van der Waals surface area contributed by atoms with Crippen molar-refractivity contribution in [2.75, 3.05) is 11.1 Å². The van der Waals surface area contributed by atoms with Crippen molar-refractivity contribution in [3.8, 4) is 0 Å². The summed E-state index contributed by atoms with van der Waals surface area (Å²) in [5, 5.41) is 3.35. The molecule has 1 atom stereocenters. The molecule has 0 saturated heterocycles. The number of hydrogen-bond donors (Lipinski definition) is 2. The SMILES string of the molecule is CCCCC(C)Nc1cc(N)c(C)cn1. The van der Waals surface area contributed by atoms with E-state index in [1.54, 1.807) is 0 Å². The fourth-order valence-corrected chi connectivity index (χ4v) is 1.45. The number of nitrogens with zero attached hydrogens (tertiary/aromatic N) is 1. The first-order chi connectivity index (χ1) is 7.13. The van der Waals surface area contributed by atoms with Crippen LogP contribution in [0.25, 0.3) is 0 Å². The molecule has 1 heterocycles. The number of hydrogen-bond acceptors (Lipinski definition) is 3. The predicted molar refractivity (Wildman–Crippen MR) is 66.0 cm³/mol. The van der Waals surface area contributed by atoms with Gasteiger partial charge in [0.25, 0.3) is 0 Å². The smallest absolute Gasteiger partial charge is 0.128 e. The number of aromatic nitrogens is 1. The first-order valence-corrected chi connectivity index (χ1v) is 5.62. The maximum atomic E-state index is 5.82. The van der Waals surface area contributed by atoms with Crippen molar-refractivity contribution in [3.63, 3.8) is 0 Å². The molecule has 3 heteroatoms. The number of rotatable bonds is 5. The Bertz CT molecular complexity index is 310. The van der Waals surface area contributed by atoms with Gasteiger partial charge >= 0.3 is 0 Å². The van der Waals surface area contributed by atoms with Crippen molar-refractivity contribution >= 4 is 11.5 Å². The molecule has 1 unspecified atom stereocenters. The second-order valence-corrected chi connectivity index (χ2v) is 4.11. The van der Waals surface area contributed by atoms with Gasteiger partial charge in [-0.2, -0.15) is 0 Å². The average Bonchev–Trinajstić information content (AvgIpc) is 2.20. The van der Waals surface area contributed by atoms with Crippen molar-refractivity contribution < 1.29 is 0 Å². The van der Waals surface area contributed by atoms with Gasteiger partial charge in [0.05, 0.1) is 0 Å². The molecule has 0 saturated carbocycles. The first kappa shape index (κ1) is 11.8. The Morgan fingerprint density at radius 2 is 2.27 bits per heavy atom. The first-order valence-electron chi connectivity index (χ1n) is 5.62. The molecule has 0 spiro atoms.